The molecule has 6 nitrogen and oxygen atoms in total. The summed E-state index contributed by atoms with van der Waals surface area (Å²) in [6.07, 6.45) is -4.68. The summed E-state index contributed by atoms with van der Waals surface area (Å²) in [5.74, 6) is 0.379. The first-order valence-corrected chi connectivity index (χ1v) is 12.6. The van der Waals surface area contributed by atoms with Gasteiger partial charge in [0.05, 0.1) is 20.6 Å². The lowest BCUT2D eigenvalue weighted by Gasteiger charge is -2.12. The van der Waals surface area contributed by atoms with Crippen LogP contribution in [0, 0.1) is 0 Å². The summed E-state index contributed by atoms with van der Waals surface area (Å²) in [6.45, 7) is -0.250. The van der Waals surface area contributed by atoms with E-state index in [4.69, 9.17) is 27.9 Å². The molecule has 1 N–H and O–H groups in total. The van der Waals surface area contributed by atoms with Gasteiger partial charge in [0.15, 0.2) is 5.69 Å². The second kappa shape index (κ2) is 10.1. The maximum atomic E-state index is 13.4. The van der Waals surface area contributed by atoms with E-state index in [0.29, 0.717) is 11.3 Å². The van der Waals surface area contributed by atoms with Gasteiger partial charge in [-0.15, -0.1) is 0 Å². The van der Waals surface area contributed by atoms with Crippen molar-refractivity contribution in [3.8, 4) is 22.6 Å². The Morgan fingerprint density at radius 2 is 1.58 bits per heavy atom. The van der Waals surface area contributed by atoms with Crippen molar-refractivity contribution in [2.75, 3.05) is 7.05 Å². The van der Waals surface area contributed by atoms with Crippen molar-refractivity contribution in [1.29, 1.82) is 0 Å². The fourth-order valence-electron chi connectivity index (χ4n) is 3.41. The highest BCUT2D eigenvalue weighted by Gasteiger charge is 2.35. The van der Waals surface area contributed by atoms with E-state index >= 15 is 0 Å². The van der Waals surface area contributed by atoms with E-state index in [0.717, 1.165) is 16.3 Å². The Bertz CT molecular complexity index is 1490. The zero-order valence-electron chi connectivity index (χ0n) is 18.6. The second-order valence-corrected chi connectivity index (χ2v) is 10.3. The van der Waals surface area contributed by atoms with Crippen LogP contribution in [0.1, 0.15) is 11.4 Å². The average molecular weight is 556 g/mol. The summed E-state index contributed by atoms with van der Waals surface area (Å²) in [5, 5.41) is 3.93. The Balaban J connectivity index is 1.59. The summed E-state index contributed by atoms with van der Waals surface area (Å²) in [5.41, 5.74) is 0.485. The lowest BCUT2D eigenvalue weighted by molar-refractivity contribution is -0.141. The van der Waals surface area contributed by atoms with Crippen LogP contribution in [0.15, 0.2) is 77.7 Å². The molecule has 0 atom stereocenters. The second-order valence-electron chi connectivity index (χ2n) is 7.55. The first kappa shape index (κ1) is 26.0. The first-order chi connectivity index (χ1) is 17.0. The molecule has 188 valence electrons. The van der Waals surface area contributed by atoms with Crippen LogP contribution in [0.25, 0.3) is 16.8 Å². The minimum absolute atomic E-state index is 0.0892. The zero-order chi connectivity index (χ0) is 26.1. The molecule has 0 radical (unpaired) electrons. The van der Waals surface area contributed by atoms with E-state index in [1.807, 2.05) is 0 Å². The molecular formula is C24H18Cl2F3N3O3S. The van der Waals surface area contributed by atoms with E-state index < -0.39 is 21.9 Å². The number of nitrogens with one attached hydrogen (secondary N) is 1. The van der Waals surface area contributed by atoms with Crippen molar-refractivity contribution in [2.45, 2.75) is 17.7 Å². The van der Waals surface area contributed by atoms with E-state index in [1.54, 1.807) is 42.5 Å². The maximum absolute atomic E-state index is 13.4. The Morgan fingerprint density at radius 3 is 2.19 bits per heavy atom. The van der Waals surface area contributed by atoms with Crippen molar-refractivity contribution < 1.29 is 26.3 Å². The summed E-state index contributed by atoms with van der Waals surface area (Å²) in [6, 6.07) is 18.5. The molecule has 36 heavy (non-hydrogen) atoms. The number of rotatable bonds is 7. The Morgan fingerprint density at radius 1 is 0.944 bits per heavy atom. The quantitative estimate of drug-likeness (QED) is 0.288. The summed E-state index contributed by atoms with van der Waals surface area (Å²) >= 11 is 12.4. The molecule has 0 saturated heterocycles. The molecule has 0 aliphatic heterocycles. The van der Waals surface area contributed by atoms with Gasteiger partial charge in [-0.25, -0.2) is 17.8 Å². The van der Waals surface area contributed by atoms with Crippen LogP contribution in [0.5, 0.6) is 5.75 Å². The fraction of sp³-hybridized carbons (Fsp3) is 0.125. The number of ether oxygens (including phenoxy) is 1. The number of hydrogen-bond donors (Lipinski definition) is 1. The van der Waals surface area contributed by atoms with Crippen LogP contribution in [0.3, 0.4) is 0 Å². The Labute approximate surface area is 215 Å². The third kappa shape index (κ3) is 5.52. The largest absolute Gasteiger partial charge is 0.487 e. The number of hydrogen-bond acceptors (Lipinski definition) is 4. The van der Waals surface area contributed by atoms with Crippen LogP contribution < -0.4 is 9.46 Å². The average Bonchev–Trinajstić information content (AvgIpc) is 3.27. The predicted octanol–water partition coefficient (Wildman–Crippen LogP) is 6.35. The highest BCUT2D eigenvalue weighted by atomic mass is 35.5. The van der Waals surface area contributed by atoms with Crippen molar-refractivity contribution in [2.24, 2.45) is 0 Å². The standard InChI is InChI=1S/C24H18Cl2F3N3O3S/c1-30-36(33,34)19-5-2-4-16(12-19)15-8-10-18(11-9-15)35-14-17-13-22(24(27,28)29)31-32(17)23-20(25)6-3-7-21(23)26/h2-13,30H,14H2,1H3. The van der Waals surface area contributed by atoms with Gasteiger partial charge in [-0.2, -0.15) is 18.3 Å². The number of aromatic nitrogens is 2. The summed E-state index contributed by atoms with van der Waals surface area (Å²) in [7, 11) is -2.27. The number of benzene rings is 3. The van der Waals surface area contributed by atoms with Gasteiger partial charge in [0, 0.05) is 0 Å². The Hall–Kier alpha value is -3.05. The normalized spacial score (nSPS) is 12.1. The van der Waals surface area contributed by atoms with Gasteiger partial charge in [0.1, 0.15) is 18.0 Å². The highest BCUT2D eigenvalue weighted by molar-refractivity contribution is 7.89. The number of halogens is 5. The minimum Gasteiger partial charge on any atom is -0.487 e. The third-order valence-electron chi connectivity index (χ3n) is 5.21. The van der Waals surface area contributed by atoms with Gasteiger partial charge in [0.25, 0.3) is 0 Å². The summed E-state index contributed by atoms with van der Waals surface area (Å²) in [4.78, 5) is 0.120. The van der Waals surface area contributed by atoms with Crippen LogP contribution in [0.4, 0.5) is 13.2 Å². The van der Waals surface area contributed by atoms with Crippen molar-refractivity contribution in [3.63, 3.8) is 0 Å². The predicted molar refractivity (Wildman–Crippen MR) is 131 cm³/mol. The van der Waals surface area contributed by atoms with Gasteiger partial charge in [-0.1, -0.05) is 53.5 Å². The van der Waals surface area contributed by atoms with Crippen molar-refractivity contribution in [1.82, 2.24) is 14.5 Å². The van der Waals surface area contributed by atoms with Crippen LogP contribution in [0.2, 0.25) is 10.0 Å². The monoisotopic (exact) mass is 555 g/mol. The molecule has 0 amide bonds. The minimum atomic E-state index is -4.68. The van der Waals surface area contributed by atoms with Crippen LogP contribution in [-0.4, -0.2) is 25.2 Å². The number of para-hydroxylation sites is 1. The molecule has 0 fully saturated rings. The van der Waals surface area contributed by atoms with E-state index in [2.05, 4.69) is 9.82 Å². The SMILES string of the molecule is CNS(=O)(=O)c1cccc(-c2ccc(OCc3cc(C(F)(F)F)nn3-c3c(Cl)cccc3Cl)cc2)c1. The highest BCUT2D eigenvalue weighted by Crippen LogP contribution is 2.34. The van der Waals surface area contributed by atoms with Gasteiger partial charge < -0.3 is 4.74 Å². The van der Waals surface area contributed by atoms with Crippen LogP contribution in [-0.2, 0) is 22.8 Å². The maximum Gasteiger partial charge on any atom is 0.435 e. The van der Waals surface area contributed by atoms with Gasteiger partial charge in [-0.3, -0.25) is 0 Å². The van der Waals surface area contributed by atoms with E-state index in [-0.39, 0.29) is 32.9 Å². The molecular weight excluding hydrogens is 538 g/mol. The smallest absolute Gasteiger partial charge is 0.435 e. The molecule has 0 unspecified atom stereocenters. The Kier molecular flexibility index (Phi) is 7.33. The molecule has 0 aliphatic rings. The molecule has 1 heterocycles. The fourth-order valence-corrected chi connectivity index (χ4v) is 4.74. The lowest BCUT2D eigenvalue weighted by atomic mass is 10.1. The van der Waals surface area contributed by atoms with E-state index in [9.17, 15) is 21.6 Å². The molecule has 4 aromatic rings. The molecule has 0 bridgehead atoms. The van der Waals surface area contributed by atoms with Gasteiger partial charge >= 0.3 is 6.18 Å². The summed E-state index contributed by atoms with van der Waals surface area (Å²) < 4.78 is 73.3. The van der Waals surface area contributed by atoms with Crippen LogP contribution >= 0.6 is 23.2 Å². The van der Waals surface area contributed by atoms with Crippen molar-refractivity contribution in [3.05, 3.63) is 94.2 Å². The molecule has 12 heteroatoms. The number of nitrogens with zero attached hydrogens (tertiary/aromatic N) is 2. The molecule has 0 aliphatic carbocycles. The molecule has 3 aromatic carbocycles. The van der Waals surface area contributed by atoms with Gasteiger partial charge in [0.2, 0.25) is 10.0 Å². The third-order valence-corrected chi connectivity index (χ3v) is 7.23. The van der Waals surface area contributed by atoms with E-state index in [1.165, 1.54) is 31.3 Å². The molecule has 0 saturated carbocycles. The molecule has 1 aromatic heterocycles. The topological polar surface area (TPSA) is 73.2 Å². The zero-order valence-corrected chi connectivity index (χ0v) is 20.9. The lowest BCUT2D eigenvalue weighted by Crippen LogP contribution is -2.18. The number of alkyl halides is 3. The first-order valence-electron chi connectivity index (χ1n) is 10.4. The number of sulfonamides is 1. The molecule has 4 rings (SSSR count). The molecule has 0 spiro atoms. The van der Waals surface area contributed by atoms with Crippen molar-refractivity contribution >= 4 is 33.2 Å². The van der Waals surface area contributed by atoms with Gasteiger partial charge in [-0.05, 0) is 60.6 Å².